The minimum absolute atomic E-state index is 0.182. The zero-order valence-electron chi connectivity index (χ0n) is 9.45. The van der Waals surface area contributed by atoms with Gasteiger partial charge < -0.3 is 11.1 Å². The Labute approximate surface area is 96.0 Å². The second kappa shape index (κ2) is 5.41. The summed E-state index contributed by atoms with van der Waals surface area (Å²) in [5.41, 5.74) is 7.16. The normalized spacial score (nSPS) is 25.6. The summed E-state index contributed by atoms with van der Waals surface area (Å²) in [6.07, 6.45) is 4.77. The Morgan fingerprint density at radius 2 is 1.88 bits per heavy atom. The number of nitrogens with two attached hydrogens (primary N) is 1. The lowest BCUT2D eigenvalue weighted by Gasteiger charge is -2.29. The molecule has 1 fully saturated rings. The minimum Gasteiger partial charge on any atom is -0.326 e. The van der Waals surface area contributed by atoms with Crippen LogP contribution in [0.2, 0.25) is 0 Å². The van der Waals surface area contributed by atoms with Gasteiger partial charge in [0, 0.05) is 18.6 Å². The Hall–Kier alpha value is -0.930. The van der Waals surface area contributed by atoms with Crippen molar-refractivity contribution in [2.24, 2.45) is 5.73 Å². The number of nitrogens with one attached hydrogen (secondary N) is 1. The predicted octanol–water partition coefficient (Wildman–Crippen LogP) is 2.19. The number of hydrogen-bond donors (Lipinski definition) is 2. The van der Waals surface area contributed by atoms with Gasteiger partial charge in [0.2, 0.25) is 0 Å². The fraction of sp³-hybridized carbons (Fsp3) is 0.538. The molecule has 1 saturated carbocycles. The van der Waals surface area contributed by atoms with Crippen LogP contribution in [0.1, 0.15) is 31.2 Å². The van der Waals surface area contributed by atoms with E-state index < -0.39 is 0 Å². The molecule has 1 aromatic rings. The van der Waals surface area contributed by atoms with Crippen molar-refractivity contribution in [3.63, 3.8) is 0 Å². The molecule has 0 amide bonds. The lowest BCUT2D eigenvalue weighted by molar-refractivity contribution is 0.326. The maximum absolute atomic E-state index is 12.7. The van der Waals surface area contributed by atoms with Crippen LogP contribution in [0.15, 0.2) is 24.3 Å². The van der Waals surface area contributed by atoms with Gasteiger partial charge in [-0.15, -0.1) is 0 Å². The van der Waals surface area contributed by atoms with Gasteiger partial charge in [-0.25, -0.2) is 4.39 Å². The monoisotopic (exact) mass is 222 g/mol. The van der Waals surface area contributed by atoms with E-state index in [4.69, 9.17) is 5.73 Å². The zero-order valence-corrected chi connectivity index (χ0v) is 9.45. The van der Waals surface area contributed by atoms with Crippen LogP contribution < -0.4 is 11.1 Å². The molecule has 0 aromatic heterocycles. The molecular weight excluding hydrogens is 203 g/mol. The lowest BCUT2D eigenvalue weighted by atomic mass is 9.91. The summed E-state index contributed by atoms with van der Waals surface area (Å²) in [7, 11) is 0. The molecule has 3 heteroatoms. The highest BCUT2D eigenvalue weighted by Gasteiger charge is 2.20. The van der Waals surface area contributed by atoms with E-state index in [1.807, 2.05) is 12.1 Å². The van der Waals surface area contributed by atoms with Crippen LogP contribution in [-0.4, -0.2) is 12.1 Å². The topological polar surface area (TPSA) is 38.0 Å². The Bertz CT molecular complexity index is 323. The van der Waals surface area contributed by atoms with Gasteiger partial charge in [-0.3, -0.25) is 0 Å². The van der Waals surface area contributed by atoms with Crippen LogP contribution in [0.25, 0.3) is 0 Å². The van der Waals surface area contributed by atoms with Crippen LogP contribution >= 0.6 is 0 Å². The first-order chi connectivity index (χ1) is 7.75. The van der Waals surface area contributed by atoms with Gasteiger partial charge in [-0.1, -0.05) is 25.0 Å². The van der Waals surface area contributed by atoms with Crippen molar-refractivity contribution in [3.8, 4) is 0 Å². The molecule has 16 heavy (non-hydrogen) atoms. The predicted molar refractivity (Wildman–Crippen MR) is 63.5 cm³/mol. The van der Waals surface area contributed by atoms with Gasteiger partial charge in [0.1, 0.15) is 5.82 Å². The zero-order chi connectivity index (χ0) is 11.4. The van der Waals surface area contributed by atoms with Crippen molar-refractivity contribution < 1.29 is 4.39 Å². The summed E-state index contributed by atoms with van der Waals surface area (Å²) < 4.78 is 12.7. The summed E-state index contributed by atoms with van der Waals surface area (Å²) in [6, 6.07) is 7.32. The summed E-state index contributed by atoms with van der Waals surface area (Å²) in [5, 5.41) is 3.46. The average molecular weight is 222 g/mol. The Balaban J connectivity index is 1.84. The van der Waals surface area contributed by atoms with Crippen LogP contribution in [0.4, 0.5) is 4.39 Å². The van der Waals surface area contributed by atoms with E-state index in [1.54, 1.807) is 0 Å². The summed E-state index contributed by atoms with van der Waals surface area (Å²) in [4.78, 5) is 0. The molecule has 1 aliphatic carbocycles. The lowest BCUT2D eigenvalue weighted by Crippen LogP contribution is -2.46. The van der Waals surface area contributed by atoms with E-state index in [1.165, 1.54) is 25.0 Å². The Morgan fingerprint density at radius 1 is 1.19 bits per heavy atom. The first kappa shape index (κ1) is 11.6. The molecule has 0 spiro atoms. The second-order valence-electron chi connectivity index (χ2n) is 4.56. The van der Waals surface area contributed by atoms with Crippen molar-refractivity contribution in [1.82, 2.24) is 5.32 Å². The molecule has 3 N–H and O–H groups in total. The number of halogens is 1. The third-order valence-electron chi connectivity index (χ3n) is 3.30. The molecule has 0 heterocycles. The van der Waals surface area contributed by atoms with Crippen LogP contribution in [0.5, 0.6) is 0 Å². The van der Waals surface area contributed by atoms with Crippen LogP contribution in [0, 0.1) is 5.82 Å². The molecule has 88 valence electrons. The molecule has 0 aliphatic heterocycles. The van der Waals surface area contributed by atoms with E-state index in [9.17, 15) is 4.39 Å². The third kappa shape index (κ3) is 3.03. The van der Waals surface area contributed by atoms with Crippen molar-refractivity contribution in [3.05, 3.63) is 35.6 Å². The molecule has 1 unspecified atom stereocenters. The fourth-order valence-electron chi connectivity index (χ4n) is 2.26. The van der Waals surface area contributed by atoms with Gasteiger partial charge in [-0.05, 0) is 30.5 Å². The Kier molecular flexibility index (Phi) is 3.91. The molecule has 0 saturated heterocycles. The van der Waals surface area contributed by atoms with E-state index in [-0.39, 0.29) is 11.9 Å². The van der Waals surface area contributed by atoms with Crippen molar-refractivity contribution >= 4 is 0 Å². The van der Waals surface area contributed by atoms with Crippen molar-refractivity contribution in [2.75, 3.05) is 0 Å². The molecular formula is C13H19FN2. The number of rotatable bonds is 3. The third-order valence-corrected chi connectivity index (χ3v) is 3.30. The standard InChI is InChI=1S/C13H19FN2/c14-11-7-5-10(6-8-11)9-16-13-4-2-1-3-12(13)15/h5-8,12-13,16H,1-4,9,15H2/t12?,13-/m1/s1. The molecule has 0 bridgehead atoms. The molecule has 2 rings (SSSR count). The first-order valence-corrected chi connectivity index (χ1v) is 5.99. The number of hydrogen-bond acceptors (Lipinski definition) is 2. The maximum Gasteiger partial charge on any atom is 0.123 e. The van der Waals surface area contributed by atoms with E-state index in [0.717, 1.165) is 24.9 Å². The van der Waals surface area contributed by atoms with E-state index in [0.29, 0.717) is 6.04 Å². The highest BCUT2D eigenvalue weighted by Crippen LogP contribution is 2.17. The molecule has 1 aliphatic rings. The first-order valence-electron chi connectivity index (χ1n) is 5.99. The minimum atomic E-state index is -0.182. The van der Waals surface area contributed by atoms with Gasteiger partial charge in [0.05, 0.1) is 0 Å². The van der Waals surface area contributed by atoms with E-state index in [2.05, 4.69) is 5.32 Å². The number of benzene rings is 1. The summed E-state index contributed by atoms with van der Waals surface area (Å²) in [5.74, 6) is -0.182. The van der Waals surface area contributed by atoms with E-state index >= 15 is 0 Å². The summed E-state index contributed by atoms with van der Waals surface area (Å²) >= 11 is 0. The average Bonchev–Trinajstić information content (AvgIpc) is 2.30. The molecule has 1 aromatic carbocycles. The molecule has 2 nitrogen and oxygen atoms in total. The largest absolute Gasteiger partial charge is 0.326 e. The van der Waals surface area contributed by atoms with Crippen LogP contribution in [-0.2, 0) is 6.54 Å². The second-order valence-corrected chi connectivity index (χ2v) is 4.56. The van der Waals surface area contributed by atoms with Gasteiger partial charge in [-0.2, -0.15) is 0 Å². The van der Waals surface area contributed by atoms with Crippen LogP contribution in [0.3, 0.4) is 0 Å². The fourth-order valence-corrected chi connectivity index (χ4v) is 2.26. The van der Waals surface area contributed by atoms with Crippen molar-refractivity contribution in [2.45, 2.75) is 44.3 Å². The van der Waals surface area contributed by atoms with Gasteiger partial charge >= 0.3 is 0 Å². The summed E-state index contributed by atoms with van der Waals surface area (Å²) in [6.45, 7) is 0.776. The van der Waals surface area contributed by atoms with Gasteiger partial charge in [0.25, 0.3) is 0 Å². The molecule has 0 radical (unpaired) electrons. The highest BCUT2D eigenvalue weighted by molar-refractivity contribution is 5.15. The van der Waals surface area contributed by atoms with Gasteiger partial charge in [0.15, 0.2) is 0 Å². The smallest absolute Gasteiger partial charge is 0.123 e. The Morgan fingerprint density at radius 3 is 2.56 bits per heavy atom. The highest BCUT2D eigenvalue weighted by atomic mass is 19.1. The van der Waals surface area contributed by atoms with Crippen molar-refractivity contribution in [1.29, 1.82) is 0 Å². The quantitative estimate of drug-likeness (QED) is 0.822. The SMILES string of the molecule is NC1CCCC[C@H]1NCc1ccc(F)cc1. The maximum atomic E-state index is 12.7. The molecule has 2 atom stereocenters.